The fraction of sp³-hybridized carbons (Fsp3) is 0.143. The van der Waals surface area contributed by atoms with Gasteiger partial charge in [-0.2, -0.15) is 0 Å². The quantitative estimate of drug-likeness (QED) is 0.353. The summed E-state index contributed by atoms with van der Waals surface area (Å²) in [5.41, 5.74) is 5.65. The Balaban J connectivity index is 1.48. The first-order valence-electron chi connectivity index (χ1n) is 9.20. The molecule has 2 N–H and O–H groups in total. The van der Waals surface area contributed by atoms with Crippen LogP contribution >= 0.6 is 47.2 Å². The van der Waals surface area contributed by atoms with Gasteiger partial charge in [0.05, 0.1) is 15.5 Å². The van der Waals surface area contributed by atoms with E-state index in [-0.39, 0.29) is 29.5 Å². The maximum Gasteiger partial charge on any atom is 0.271 e. The molecule has 0 aromatic heterocycles. The van der Waals surface area contributed by atoms with Gasteiger partial charge in [0.25, 0.3) is 11.8 Å². The van der Waals surface area contributed by atoms with Crippen molar-refractivity contribution in [2.45, 2.75) is 12.8 Å². The van der Waals surface area contributed by atoms with Crippen LogP contribution in [0.15, 0.2) is 53.4 Å². The van der Waals surface area contributed by atoms with E-state index in [0.29, 0.717) is 20.7 Å². The summed E-state index contributed by atoms with van der Waals surface area (Å²) in [4.78, 5) is 38.7. The highest BCUT2D eigenvalue weighted by Crippen LogP contribution is 2.33. The highest BCUT2D eigenvalue weighted by atomic mass is 35.5. The Morgan fingerprint density at radius 1 is 1.03 bits per heavy atom. The van der Waals surface area contributed by atoms with E-state index in [1.807, 2.05) is 18.2 Å². The van der Waals surface area contributed by atoms with Crippen LogP contribution in [0.3, 0.4) is 0 Å². The van der Waals surface area contributed by atoms with Gasteiger partial charge in [0.2, 0.25) is 5.91 Å². The molecule has 0 bridgehead atoms. The van der Waals surface area contributed by atoms with Gasteiger partial charge >= 0.3 is 0 Å². The average Bonchev–Trinajstić information content (AvgIpc) is 3.01. The Morgan fingerprint density at radius 3 is 2.42 bits per heavy atom. The van der Waals surface area contributed by atoms with Crippen molar-refractivity contribution in [3.05, 3.63) is 74.6 Å². The van der Waals surface area contributed by atoms with Crippen LogP contribution in [0.1, 0.15) is 28.8 Å². The first-order valence-corrected chi connectivity index (χ1v) is 11.2. The number of benzene rings is 2. The molecule has 10 heteroatoms. The Labute approximate surface area is 198 Å². The number of carbonyl (C=O) groups excluding carboxylic acids is 3. The molecule has 0 atom stereocenters. The summed E-state index contributed by atoms with van der Waals surface area (Å²) in [5.74, 6) is -1.12. The molecule has 0 aliphatic carbocycles. The van der Waals surface area contributed by atoms with Gasteiger partial charge < -0.3 is 0 Å². The Bertz CT molecular complexity index is 1080. The number of nitrogens with zero attached hydrogens (tertiary/aromatic N) is 1. The highest BCUT2D eigenvalue weighted by Gasteiger charge is 2.31. The molecule has 6 nitrogen and oxygen atoms in total. The lowest BCUT2D eigenvalue weighted by Crippen LogP contribution is -2.42. The number of carbonyl (C=O) groups is 3. The third-order valence-electron chi connectivity index (χ3n) is 4.28. The van der Waals surface area contributed by atoms with E-state index in [1.165, 1.54) is 16.7 Å². The number of amides is 3. The van der Waals surface area contributed by atoms with Gasteiger partial charge in [0, 0.05) is 18.0 Å². The Hall–Kier alpha value is -2.39. The zero-order chi connectivity index (χ0) is 22.4. The molecular formula is C21H17Cl2N3O3S2. The lowest BCUT2D eigenvalue weighted by molar-refractivity contribution is -0.124. The van der Waals surface area contributed by atoms with Gasteiger partial charge in [0.15, 0.2) is 0 Å². The van der Waals surface area contributed by atoms with E-state index in [4.69, 9.17) is 35.4 Å². The zero-order valence-corrected chi connectivity index (χ0v) is 19.2. The van der Waals surface area contributed by atoms with E-state index in [1.54, 1.807) is 36.4 Å². The number of hydrogen-bond acceptors (Lipinski definition) is 5. The zero-order valence-electron chi connectivity index (χ0n) is 16.1. The lowest BCUT2D eigenvalue weighted by Gasteiger charge is -2.14. The van der Waals surface area contributed by atoms with Crippen LogP contribution in [0, 0.1) is 0 Å². The van der Waals surface area contributed by atoms with Crippen LogP contribution in [-0.2, 0) is 9.59 Å². The fourth-order valence-electron chi connectivity index (χ4n) is 2.73. The van der Waals surface area contributed by atoms with Gasteiger partial charge in [-0.1, -0.05) is 77.5 Å². The Kier molecular flexibility index (Phi) is 8.09. The number of thioether (sulfide) groups is 1. The normalized spacial score (nSPS) is 14.8. The van der Waals surface area contributed by atoms with Crippen molar-refractivity contribution in [3.63, 3.8) is 0 Å². The number of thiocarbonyl (C=S) groups is 1. The minimum atomic E-state index is -0.513. The van der Waals surface area contributed by atoms with Gasteiger partial charge in [-0.3, -0.25) is 30.1 Å². The lowest BCUT2D eigenvalue weighted by atomic mass is 10.2. The molecule has 2 aromatic carbocycles. The van der Waals surface area contributed by atoms with Crippen molar-refractivity contribution in [2.75, 3.05) is 6.54 Å². The van der Waals surface area contributed by atoms with Crippen molar-refractivity contribution in [3.8, 4) is 0 Å². The highest BCUT2D eigenvalue weighted by molar-refractivity contribution is 8.26. The van der Waals surface area contributed by atoms with Crippen LogP contribution in [0.4, 0.5) is 0 Å². The molecule has 31 heavy (non-hydrogen) atoms. The van der Waals surface area contributed by atoms with Crippen LogP contribution < -0.4 is 10.9 Å². The second-order valence-electron chi connectivity index (χ2n) is 6.44. The molecule has 1 saturated heterocycles. The van der Waals surface area contributed by atoms with E-state index < -0.39 is 11.8 Å². The largest absolute Gasteiger partial charge is 0.293 e. The van der Waals surface area contributed by atoms with Gasteiger partial charge in [-0.15, -0.1) is 0 Å². The molecule has 1 aliphatic rings. The van der Waals surface area contributed by atoms with Crippen molar-refractivity contribution in [1.82, 2.24) is 15.8 Å². The first kappa shape index (κ1) is 23.3. The van der Waals surface area contributed by atoms with Crippen LogP contribution in [-0.4, -0.2) is 33.5 Å². The second-order valence-corrected chi connectivity index (χ2v) is 8.93. The molecule has 160 valence electrons. The molecule has 0 spiro atoms. The standard InChI is InChI=1S/C21H17Cl2N3O3S2/c22-15-8-3-1-6-13(15)12-17-20(29)26(21(30)31-17)11-5-10-18(27)24-25-19(28)14-7-2-4-9-16(14)23/h1-4,6-9,12H,5,10-11H2,(H,24,27)(H,25,28). The summed E-state index contributed by atoms with van der Waals surface area (Å²) < 4.78 is 0.427. The van der Waals surface area contributed by atoms with E-state index in [0.717, 1.165) is 5.56 Å². The van der Waals surface area contributed by atoms with E-state index >= 15 is 0 Å². The monoisotopic (exact) mass is 493 g/mol. The summed E-state index contributed by atoms with van der Waals surface area (Å²) in [7, 11) is 0. The number of halogens is 2. The minimum Gasteiger partial charge on any atom is -0.293 e. The number of hydrogen-bond donors (Lipinski definition) is 2. The van der Waals surface area contributed by atoms with Crippen molar-refractivity contribution >= 4 is 75.3 Å². The van der Waals surface area contributed by atoms with E-state index in [9.17, 15) is 14.4 Å². The summed E-state index contributed by atoms with van der Waals surface area (Å²) in [5, 5.41) is 0.830. The smallest absolute Gasteiger partial charge is 0.271 e. The average molecular weight is 494 g/mol. The summed E-state index contributed by atoms with van der Waals surface area (Å²) in [6.45, 7) is 0.288. The molecule has 2 aromatic rings. The van der Waals surface area contributed by atoms with Gasteiger partial charge in [-0.25, -0.2) is 0 Å². The second kappa shape index (κ2) is 10.8. The van der Waals surface area contributed by atoms with Crippen LogP contribution in [0.2, 0.25) is 10.0 Å². The summed E-state index contributed by atoms with van der Waals surface area (Å²) in [6, 6.07) is 13.7. The number of hydrazine groups is 1. The molecular weight excluding hydrogens is 477 g/mol. The van der Waals surface area contributed by atoms with Gasteiger partial charge in [0.1, 0.15) is 4.32 Å². The maximum absolute atomic E-state index is 12.6. The predicted octanol–water partition coefficient (Wildman–Crippen LogP) is 4.44. The molecule has 3 rings (SSSR count). The van der Waals surface area contributed by atoms with Crippen molar-refractivity contribution in [1.29, 1.82) is 0 Å². The van der Waals surface area contributed by atoms with Crippen LogP contribution in [0.5, 0.6) is 0 Å². The number of rotatable bonds is 6. The third kappa shape index (κ3) is 6.07. The minimum absolute atomic E-state index is 0.101. The fourth-order valence-corrected chi connectivity index (χ4v) is 4.44. The van der Waals surface area contributed by atoms with Crippen molar-refractivity contribution in [2.24, 2.45) is 0 Å². The molecule has 0 unspecified atom stereocenters. The maximum atomic E-state index is 12.6. The van der Waals surface area contributed by atoms with E-state index in [2.05, 4.69) is 10.9 Å². The molecule has 3 amide bonds. The molecule has 1 heterocycles. The van der Waals surface area contributed by atoms with Gasteiger partial charge in [-0.05, 0) is 36.3 Å². The molecule has 0 saturated carbocycles. The molecule has 1 fully saturated rings. The Morgan fingerprint density at radius 2 is 1.71 bits per heavy atom. The summed E-state index contributed by atoms with van der Waals surface area (Å²) in [6.07, 6.45) is 2.18. The molecule has 1 aliphatic heterocycles. The van der Waals surface area contributed by atoms with Crippen molar-refractivity contribution < 1.29 is 14.4 Å². The first-order chi connectivity index (χ1) is 14.9. The predicted molar refractivity (Wildman–Crippen MR) is 128 cm³/mol. The molecule has 0 radical (unpaired) electrons. The SMILES string of the molecule is O=C(CCCN1C(=O)C(=Cc2ccccc2Cl)SC1=S)NNC(=O)c1ccccc1Cl. The third-order valence-corrected chi connectivity index (χ3v) is 6.34. The topological polar surface area (TPSA) is 78.5 Å². The van der Waals surface area contributed by atoms with Crippen LogP contribution in [0.25, 0.3) is 6.08 Å². The summed E-state index contributed by atoms with van der Waals surface area (Å²) >= 11 is 18.6. The number of nitrogens with one attached hydrogen (secondary N) is 2.